The Hall–Kier alpha value is -4.48. The monoisotopic (exact) mass is 560 g/mol. The lowest BCUT2D eigenvalue weighted by molar-refractivity contribution is 0.109. The van der Waals surface area contributed by atoms with Gasteiger partial charge in [0.1, 0.15) is 41.3 Å². The third-order valence-electron chi connectivity index (χ3n) is 6.47. The van der Waals surface area contributed by atoms with E-state index in [-0.39, 0.29) is 24.5 Å². The number of nitrogens with one attached hydrogen (secondary N) is 1. The second kappa shape index (κ2) is 12.8. The molecule has 2 aromatic carbocycles. The number of ether oxygens (including phenoxy) is 3. The van der Waals surface area contributed by atoms with Crippen LogP contribution in [0.3, 0.4) is 0 Å². The molecule has 0 atom stereocenters. The van der Waals surface area contributed by atoms with E-state index in [4.69, 9.17) is 29.3 Å². The summed E-state index contributed by atoms with van der Waals surface area (Å²) >= 11 is 0. The lowest BCUT2D eigenvalue weighted by atomic mass is 10.1. The Morgan fingerprint density at radius 1 is 1.20 bits per heavy atom. The van der Waals surface area contributed by atoms with Crippen molar-refractivity contribution in [1.82, 2.24) is 19.7 Å². The number of aromatic nitrogens is 4. The van der Waals surface area contributed by atoms with E-state index < -0.39 is 11.6 Å². The van der Waals surface area contributed by atoms with E-state index in [1.807, 2.05) is 37.3 Å². The third kappa shape index (κ3) is 6.16. The lowest BCUT2D eigenvalue weighted by Crippen LogP contribution is -2.19. The van der Waals surface area contributed by atoms with Crippen molar-refractivity contribution in [2.24, 2.45) is 4.99 Å². The maximum Gasteiger partial charge on any atom is 0.183 e. The van der Waals surface area contributed by atoms with Gasteiger partial charge in [0.15, 0.2) is 5.82 Å². The molecule has 5 rings (SSSR count). The third-order valence-corrected chi connectivity index (χ3v) is 6.47. The van der Waals surface area contributed by atoms with Crippen molar-refractivity contribution in [2.75, 3.05) is 32.2 Å². The first-order valence-corrected chi connectivity index (χ1v) is 13.1. The molecule has 0 unspecified atom stereocenters. The van der Waals surface area contributed by atoms with Crippen LogP contribution < -0.4 is 10.1 Å². The number of para-hydroxylation sites is 1. The van der Waals surface area contributed by atoms with Crippen LogP contribution in [0.2, 0.25) is 0 Å². The number of allylic oxidation sites excluding steroid dienone is 1. The van der Waals surface area contributed by atoms with Crippen molar-refractivity contribution in [3.05, 3.63) is 89.8 Å². The zero-order valence-electron chi connectivity index (χ0n) is 22.9. The van der Waals surface area contributed by atoms with Gasteiger partial charge in [0.05, 0.1) is 37.6 Å². The van der Waals surface area contributed by atoms with Crippen molar-refractivity contribution in [2.45, 2.75) is 26.5 Å². The average Bonchev–Trinajstić information content (AvgIpc) is 3.34. The largest absolute Gasteiger partial charge is 0.491 e. The van der Waals surface area contributed by atoms with E-state index in [0.717, 1.165) is 16.6 Å². The van der Waals surface area contributed by atoms with E-state index >= 15 is 8.78 Å². The molecule has 1 N–H and O–H groups in total. The predicted octanol–water partition coefficient (Wildman–Crippen LogP) is 5.45. The molecule has 0 radical (unpaired) electrons. The van der Waals surface area contributed by atoms with Crippen LogP contribution in [0.5, 0.6) is 5.75 Å². The van der Waals surface area contributed by atoms with Crippen LogP contribution in [0.4, 0.5) is 14.6 Å². The summed E-state index contributed by atoms with van der Waals surface area (Å²) in [4.78, 5) is 13.9. The summed E-state index contributed by atoms with van der Waals surface area (Å²) in [6.07, 6.45) is 5.71. The molecule has 0 fully saturated rings. The molecule has 0 bridgehead atoms. The van der Waals surface area contributed by atoms with Gasteiger partial charge in [0.2, 0.25) is 0 Å². The van der Waals surface area contributed by atoms with Crippen molar-refractivity contribution in [3.8, 4) is 17.3 Å². The molecule has 0 saturated heterocycles. The first-order chi connectivity index (χ1) is 20.0. The van der Waals surface area contributed by atoms with Gasteiger partial charge in [-0.3, -0.25) is 4.68 Å². The van der Waals surface area contributed by atoms with Crippen molar-refractivity contribution < 1.29 is 23.0 Å². The van der Waals surface area contributed by atoms with Crippen molar-refractivity contribution in [1.29, 1.82) is 0 Å². The number of fused-ring (bicyclic) bond motifs is 2. The van der Waals surface area contributed by atoms with Crippen LogP contribution in [0.1, 0.15) is 23.7 Å². The highest BCUT2D eigenvalue weighted by atomic mass is 19.1. The molecule has 1 aliphatic rings. The molecular weight excluding hydrogens is 530 g/mol. The maximum atomic E-state index is 15.1. The number of amidine groups is 1. The highest BCUT2D eigenvalue weighted by Crippen LogP contribution is 2.31. The Morgan fingerprint density at radius 2 is 2.00 bits per heavy atom. The minimum absolute atomic E-state index is 0.0931. The van der Waals surface area contributed by atoms with Crippen LogP contribution in [-0.2, 0) is 29.0 Å². The first kappa shape index (κ1) is 28.1. The average molecular weight is 561 g/mol. The summed E-state index contributed by atoms with van der Waals surface area (Å²) < 4.78 is 47.7. The van der Waals surface area contributed by atoms with Gasteiger partial charge in [-0.2, -0.15) is 5.10 Å². The van der Waals surface area contributed by atoms with Crippen LogP contribution in [0.25, 0.3) is 22.4 Å². The summed E-state index contributed by atoms with van der Waals surface area (Å²) in [6, 6.07) is 9.78. The summed E-state index contributed by atoms with van der Waals surface area (Å²) in [5, 5.41) is 8.76. The summed E-state index contributed by atoms with van der Waals surface area (Å²) in [6.45, 7) is 6.80. The zero-order valence-corrected chi connectivity index (χ0v) is 22.9. The van der Waals surface area contributed by atoms with Gasteiger partial charge in [-0.25, -0.2) is 23.7 Å². The number of benzene rings is 2. The second-order valence-electron chi connectivity index (χ2n) is 9.18. The Balaban J connectivity index is 1.56. The highest BCUT2D eigenvalue weighted by Gasteiger charge is 2.23. The SMILES string of the molecule is C=CN=C(/C=C\C)Nc1nc(-c2nn(Cc3c(F)cc(OCCOC)cc3F)c3ccccc23)nc2c1COCC2. The molecular formula is C30H30F2N6O3. The Morgan fingerprint density at radius 3 is 2.76 bits per heavy atom. The fourth-order valence-corrected chi connectivity index (χ4v) is 4.56. The number of halogens is 2. The molecule has 9 nitrogen and oxygen atoms in total. The Kier molecular flexibility index (Phi) is 8.76. The van der Waals surface area contributed by atoms with Gasteiger partial charge in [0, 0.05) is 48.4 Å². The molecule has 41 heavy (non-hydrogen) atoms. The van der Waals surface area contributed by atoms with Gasteiger partial charge < -0.3 is 19.5 Å². The number of hydrogen-bond donors (Lipinski definition) is 1. The summed E-state index contributed by atoms with van der Waals surface area (Å²) in [5.41, 5.74) is 2.71. The molecule has 1 aliphatic heterocycles. The fraction of sp³-hybridized carbons (Fsp3) is 0.267. The maximum absolute atomic E-state index is 15.1. The molecule has 0 amide bonds. The summed E-state index contributed by atoms with van der Waals surface area (Å²) in [5.74, 6) is 0.111. The van der Waals surface area contributed by atoms with E-state index in [2.05, 4.69) is 16.9 Å². The number of aliphatic imine (C=N–C) groups is 1. The van der Waals surface area contributed by atoms with Gasteiger partial charge in [-0.15, -0.1) is 0 Å². The quantitative estimate of drug-likeness (QED) is 0.157. The molecule has 2 aromatic heterocycles. The van der Waals surface area contributed by atoms with E-state index in [1.165, 1.54) is 25.4 Å². The number of methoxy groups -OCH3 is 1. The van der Waals surface area contributed by atoms with Crippen LogP contribution >= 0.6 is 0 Å². The van der Waals surface area contributed by atoms with E-state index in [0.29, 0.717) is 54.9 Å². The Bertz CT molecular complexity index is 1610. The van der Waals surface area contributed by atoms with Crippen LogP contribution in [0.15, 0.2) is 66.3 Å². The lowest BCUT2D eigenvalue weighted by Gasteiger charge is -2.20. The second-order valence-corrected chi connectivity index (χ2v) is 9.18. The first-order valence-electron chi connectivity index (χ1n) is 13.1. The zero-order chi connectivity index (χ0) is 28.8. The molecule has 212 valence electrons. The molecule has 4 aromatic rings. The van der Waals surface area contributed by atoms with Crippen molar-refractivity contribution >= 4 is 22.6 Å². The number of nitrogens with zero attached hydrogens (tertiary/aromatic N) is 5. The normalized spacial score (nSPS) is 13.5. The topological polar surface area (TPSA) is 95.7 Å². The minimum atomic E-state index is -0.729. The molecule has 0 saturated carbocycles. The standard InChI is InChI=1S/C30H30F2N6O3/c1-4-8-27(33-5-2)35-29-22-18-40-12-11-25(22)34-30(36-29)28-20-9-6-7-10-26(20)38(37-28)17-21-23(31)15-19(16-24(21)32)41-14-13-39-3/h4-10,15-16H,2,11-14,17-18H2,1,3H3,(H,33,34,35,36)/b8-4-. The predicted molar refractivity (Wildman–Crippen MR) is 153 cm³/mol. The van der Waals surface area contributed by atoms with Gasteiger partial charge >= 0.3 is 0 Å². The smallest absolute Gasteiger partial charge is 0.183 e. The highest BCUT2D eigenvalue weighted by molar-refractivity contribution is 6.04. The Labute approximate surface area is 236 Å². The van der Waals surface area contributed by atoms with Gasteiger partial charge in [-0.1, -0.05) is 30.9 Å². The van der Waals surface area contributed by atoms with E-state index in [1.54, 1.807) is 10.8 Å². The molecule has 0 aliphatic carbocycles. The van der Waals surface area contributed by atoms with E-state index in [9.17, 15) is 0 Å². The number of anilines is 1. The van der Waals surface area contributed by atoms with Crippen molar-refractivity contribution in [3.63, 3.8) is 0 Å². The number of hydrogen-bond acceptors (Lipinski definition) is 7. The van der Waals surface area contributed by atoms with Gasteiger partial charge in [0.25, 0.3) is 0 Å². The van der Waals surface area contributed by atoms with Crippen LogP contribution in [-0.4, -0.2) is 52.5 Å². The minimum Gasteiger partial charge on any atom is -0.491 e. The van der Waals surface area contributed by atoms with Gasteiger partial charge in [-0.05, 0) is 19.1 Å². The molecule has 11 heteroatoms. The number of rotatable bonds is 10. The molecule has 3 heterocycles. The molecule has 0 spiro atoms. The summed E-state index contributed by atoms with van der Waals surface area (Å²) in [7, 11) is 1.52. The van der Waals surface area contributed by atoms with Crippen LogP contribution in [0, 0.1) is 11.6 Å². The fourth-order valence-electron chi connectivity index (χ4n) is 4.56.